The lowest BCUT2D eigenvalue weighted by Crippen LogP contribution is -2.22. The third-order valence-corrected chi connectivity index (χ3v) is 5.66. The fourth-order valence-electron chi connectivity index (χ4n) is 2.41. The molecule has 2 aromatic rings. The largest absolute Gasteiger partial charge is 0.361 e. The SMILES string of the molecule is CCc1nc2n(COCC[Si](C)(C)C)c(C)cn2c(=O)c1C. The normalized spacial score (nSPS) is 12.3. The molecule has 0 saturated heterocycles. The minimum absolute atomic E-state index is 0.0193. The number of aryl methyl sites for hydroxylation is 2. The monoisotopic (exact) mass is 321 g/mol. The molecule has 0 aromatic carbocycles. The molecule has 2 heterocycles. The lowest BCUT2D eigenvalue weighted by molar-refractivity contribution is 0.0883. The molecule has 2 aromatic heterocycles. The van der Waals surface area contributed by atoms with Crippen LogP contribution in [0.3, 0.4) is 0 Å². The highest BCUT2D eigenvalue weighted by molar-refractivity contribution is 6.76. The summed E-state index contributed by atoms with van der Waals surface area (Å²) in [7, 11) is -1.08. The van der Waals surface area contributed by atoms with Gasteiger partial charge in [-0.1, -0.05) is 26.6 Å². The number of nitrogens with zero attached hydrogens (tertiary/aromatic N) is 3. The molecule has 22 heavy (non-hydrogen) atoms. The summed E-state index contributed by atoms with van der Waals surface area (Å²) in [6, 6.07) is 1.14. The summed E-state index contributed by atoms with van der Waals surface area (Å²) < 4.78 is 9.44. The topological polar surface area (TPSA) is 48.5 Å². The lowest BCUT2D eigenvalue weighted by atomic mass is 10.2. The standard InChI is InChI=1S/C16H27N3O2Si/c1-7-14-13(3)15(20)18-10-12(2)19(16(18)17-14)11-21-8-9-22(4,5)6/h10H,7-9,11H2,1-6H3. The van der Waals surface area contributed by atoms with Crippen molar-refractivity contribution in [1.29, 1.82) is 0 Å². The molecule has 0 fully saturated rings. The Hall–Kier alpha value is -1.40. The molecular weight excluding hydrogens is 294 g/mol. The molecule has 0 aliphatic rings. The summed E-state index contributed by atoms with van der Waals surface area (Å²) in [6.07, 6.45) is 2.61. The minimum atomic E-state index is -1.08. The lowest BCUT2D eigenvalue weighted by Gasteiger charge is -2.16. The predicted molar refractivity (Wildman–Crippen MR) is 92.4 cm³/mol. The van der Waals surface area contributed by atoms with E-state index in [4.69, 9.17) is 4.74 Å². The van der Waals surface area contributed by atoms with Crippen LogP contribution in [0.2, 0.25) is 25.7 Å². The Morgan fingerprint density at radius 2 is 1.95 bits per heavy atom. The van der Waals surface area contributed by atoms with E-state index < -0.39 is 8.07 Å². The highest BCUT2D eigenvalue weighted by Crippen LogP contribution is 2.12. The van der Waals surface area contributed by atoms with Gasteiger partial charge in [0.25, 0.3) is 5.56 Å². The number of hydrogen-bond acceptors (Lipinski definition) is 3. The Morgan fingerprint density at radius 3 is 2.55 bits per heavy atom. The first-order valence-electron chi connectivity index (χ1n) is 7.90. The predicted octanol–water partition coefficient (Wildman–Crippen LogP) is 2.99. The van der Waals surface area contributed by atoms with Gasteiger partial charge >= 0.3 is 0 Å². The first-order valence-corrected chi connectivity index (χ1v) is 11.6. The number of aromatic nitrogens is 3. The smallest absolute Gasteiger partial charge is 0.262 e. The van der Waals surface area contributed by atoms with Crippen molar-refractivity contribution in [3.8, 4) is 0 Å². The van der Waals surface area contributed by atoms with E-state index in [1.165, 1.54) is 0 Å². The third kappa shape index (κ3) is 3.49. The quantitative estimate of drug-likeness (QED) is 0.607. The van der Waals surface area contributed by atoms with Gasteiger partial charge in [-0.3, -0.25) is 13.8 Å². The molecule has 0 N–H and O–H groups in total. The zero-order valence-electron chi connectivity index (χ0n) is 14.6. The number of fused-ring (bicyclic) bond motifs is 1. The van der Waals surface area contributed by atoms with Crippen molar-refractivity contribution in [3.63, 3.8) is 0 Å². The Kier molecular flexibility index (Phi) is 4.92. The highest BCUT2D eigenvalue weighted by atomic mass is 28.3. The number of hydrogen-bond donors (Lipinski definition) is 0. The van der Waals surface area contributed by atoms with Crippen molar-refractivity contribution >= 4 is 13.9 Å². The summed E-state index contributed by atoms with van der Waals surface area (Å²) in [4.78, 5) is 17.1. The van der Waals surface area contributed by atoms with E-state index in [2.05, 4.69) is 24.6 Å². The maximum Gasteiger partial charge on any atom is 0.262 e. The number of ether oxygens (including phenoxy) is 1. The zero-order valence-corrected chi connectivity index (χ0v) is 15.6. The first-order chi connectivity index (χ1) is 10.2. The summed E-state index contributed by atoms with van der Waals surface area (Å²) in [5, 5.41) is 0. The minimum Gasteiger partial charge on any atom is -0.361 e. The molecule has 0 aliphatic heterocycles. The van der Waals surface area contributed by atoms with Crippen LogP contribution in [0.4, 0.5) is 0 Å². The fraction of sp³-hybridized carbons (Fsp3) is 0.625. The van der Waals surface area contributed by atoms with E-state index >= 15 is 0 Å². The number of imidazole rings is 1. The summed E-state index contributed by atoms with van der Waals surface area (Å²) in [5.74, 6) is 0.679. The Balaban J connectivity index is 2.28. The van der Waals surface area contributed by atoms with E-state index in [-0.39, 0.29) is 5.56 Å². The molecular formula is C16H27N3O2Si. The molecule has 2 rings (SSSR count). The van der Waals surface area contributed by atoms with Gasteiger partial charge in [0, 0.05) is 32.1 Å². The van der Waals surface area contributed by atoms with E-state index in [1.807, 2.05) is 31.5 Å². The molecule has 0 bridgehead atoms. The second-order valence-electron chi connectivity index (χ2n) is 7.06. The van der Waals surface area contributed by atoms with Crippen molar-refractivity contribution in [2.75, 3.05) is 6.61 Å². The zero-order chi connectivity index (χ0) is 16.5. The van der Waals surface area contributed by atoms with Crippen LogP contribution in [0.1, 0.15) is 23.9 Å². The molecule has 0 radical (unpaired) electrons. The second kappa shape index (κ2) is 6.38. The second-order valence-corrected chi connectivity index (χ2v) is 12.7. The Morgan fingerprint density at radius 1 is 1.27 bits per heavy atom. The summed E-state index contributed by atoms with van der Waals surface area (Å²) in [5.41, 5.74) is 2.61. The maximum absolute atomic E-state index is 12.4. The van der Waals surface area contributed by atoms with E-state index in [1.54, 1.807) is 4.40 Å². The van der Waals surface area contributed by atoms with Gasteiger partial charge in [-0.05, 0) is 26.3 Å². The molecule has 122 valence electrons. The van der Waals surface area contributed by atoms with Gasteiger partial charge in [-0.15, -0.1) is 0 Å². The highest BCUT2D eigenvalue weighted by Gasteiger charge is 2.15. The van der Waals surface area contributed by atoms with E-state index in [0.29, 0.717) is 12.5 Å². The van der Waals surface area contributed by atoms with Crippen molar-refractivity contribution in [2.24, 2.45) is 0 Å². The fourth-order valence-corrected chi connectivity index (χ4v) is 3.17. The molecule has 0 saturated carbocycles. The van der Waals surface area contributed by atoms with Gasteiger partial charge in [-0.2, -0.15) is 0 Å². The van der Waals surface area contributed by atoms with Crippen LogP contribution in [-0.4, -0.2) is 28.6 Å². The van der Waals surface area contributed by atoms with Crippen LogP contribution in [0.25, 0.3) is 5.78 Å². The van der Waals surface area contributed by atoms with Crippen LogP contribution >= 0.6 is 0 Å². The first kappa shape index (κ1) is 17.0. The van der Waals surface area contributed by atoms with Crippen LogP contribution < -0.4 is 5.56 Å². The Labute approximate surface area is 133 Å². The van der Waals surface area contributed by atoms with Gasteiger partial charge in [0.05, 0.1) is 5.69 Å². The van der Waals surface area contributed by atoms with Gasteiger partial charge in [-0.25, -0.2) is 4.98 Å². The third-order valence-electron chi connectivity index (χ3n) is 3.96. The van der Waals surface area contributed by atoms with E-state index in [0.717, 1.165) is 36.0 Å². The molecule has 5 nitrogen and oxygen atoms in total. The van der Waals surface area contributed by atoms with Crippen molar-refractivity contribution < 1.29 is 4.74 Å². The molecule has 0 amide bonds. The van der Waals surface area contributed by atoms with Gasteiger partial charge < -0.3 is 4.74 Å². The average Bonchev–Trinajstić information content (AvgIpc) is 2.74. The van der Waals surface area contributed by atoms with Crippen molar-refractivity contribution in [3.05, 3.63) is 33.5 Å². The molecule has 6 heteroatoms. The van der Waals surface area contributed by atoms with Crippen LogP contribution in [0.15, 0.2) is 11.0 Å². The number of rotatable bonds is 6. The van der Waals surface area contributed by atoms with Gasteiger partial charge in [0.2, 0.25) is 5.78 Å². The molecule has 0 aliphatic carbocycles. The van der Waals surface area contributed by atoms with Gasteiger partial charge in [0.1, 0.15) is 6.73 Å². The van der Waals surface area contributed by atoms with Crippen LogP contribution in [-0.2, 0) is 17.9 Å². The van der Waals surface area contributed by atoms with Crippen molar-refractivity contribution in [2.45, 2.75) is 59.6 Å². The van der Waals surface area contributed by atoms with Gasteiger partial charge in [0.15, 0.2) is 0 Å². The van der Waals surface area contributed by atoms with Crippen LogP contribution in [0, 0.1) is 13.8 Å². The van der Waals surface area contributed by atoms with Crippen LogP contribution in [0.5, 0.6) is 0 Å². The Bertz CT molecular complexity index is 726. The summed E-state index contributed by atoms with van der Waals surface area (Å²) in [6.45, 7) is 14.1. The molecule has 0 atom stereocenters. The van der Waals surface area contributed by atoms with E-state index in [9.17, 15) is 4.79 Å². The average molecular weight is 321 g/mol. The maximum atomic E-state index is 12.4. The van der Waals surface area contributed by atoms with Crippen molar-refractivity contribution in [1.82, 2.24) is 14.0 Å². The molecule has 0 unspecified atom stereocenters. The summed E-state index contributed by atoms with van der Waals surface area (Å²) >= 11 is 0. The molecule has 0 spiro atoms.